The molecular weight excluding hydrogens is 146 g/mol. The van der Waals surface area contributed by atoms with E-state index in [1.54, 1.807) is 0 Å². The van der Waals surface area contributed by atoms with Crippen molar-refractivity contribution in [3.05, 3.63) is 0 Å². The highest BCUT2D eigenvalue weighted by Gasteiger charge is 2.43. The van der Waals surface area contributed by atoms with Crippen molar-refractivity contribution in [1.29, 1.82) is 0 Å². The zero-order valence-electron chi connectivity index (χ0n) is 6.39. The van der Waals surface area contributed by atoms with Gasteiger partial charge in [-0.2, -0.15) is 0 Å². The Hall–Kier alpha value is 0.250. The fourth-order valence-electron chi connectivity index (χ4n) is 2.41. The van der Waals surface area contributed by atoms with Crippen LogP contribution in [0, 0.1) is 0 Å². The molecule has 1 nitrogen and oxygen atoms in total. The van der Waals surface area contributed by atoms with E-state index in [0.717, 1.165) is 12.1 Å². The quantitative estimate of drug-likeness (QED) is 0.528. The van der Waals surface area contributed by atoms with Crippen molar-refractivity contribution in [3.63, 3.8) is 0 Å². The van der Waals surface area contributed by atoms with Crippen LogP contribution in [0.1, 0.15) is 26.2 Å². The van der Waals surface area contributed by atoms with Crippen molar-refractivity contribution in [2.45, 2.75) is 43.6 Å². The second kappa shape index (κ2) is 2.38. The molecule has 0 aromatic carbocycles. The van der Waals surface area contributed by atoms with Gasteiger partial charge in [0.2, 0.25) is 0 Å². The van der Waals surface area contributed by atoms with E-state index in [4.69, 9.17) is 11.6 Å². The van der Waals surface area contributed by atoms with Gasteiger partial charge in [0.25, 0.3) is 0 Å². The van der Waals surface area contributed by atoms with Crippen LogP contribution in [0.4, 0.5) is 0 Å². The van der Waals surface area contributed by atoms with Crippen LogP contribution in [0.15, 0.2) is 0 Å². The van der Waals surface area contributed by atoms with E-state index in [0.29, 0.717) is 5.38 Å². The predicted molar refractivity (Wildman–Crippen MR) is 43.4 cm³/mol. The highest BCUT2D eigenvalue weighted by molar-refractivity contribution is 6.20. The first kappa shape index (κ1) is 6.93. The minimum absolute atomic E-state index is 0.478. The fourth-order valence-corrected chi connectivity index (χ4v) is 2.82. The molecule has 3 aliphatic rings. The van der Waals surface area contributed by atoms with Crippen LogP contribution in [0.5, 0.6) is 0 Å². The number of hydrogen-bond donors (Lipinski definition) is 0. The minimum atomic E-state index is 0.478. The van der Waals surface area contributed by atoms with E-state index >= 15 is 0 Å². The molecule has 58 valence electrons. The van der Waals surface area contributed by atoms with Gasteiger partial charge in [-0.05, 0) is 25.8 Å². The highest BCUT2D eigenvalue weighted by atomic mass is 35.5. The van der Waals surface area contributed by atoms with Crippen molar-refractivity contribution in [1.82, 2.24) is 4.90 Å². The number of nitrogens with zero attached hydrogens (tertiary/aromatic N) is 1. The summed E-state index contributed by atoms with van der Waals surface area (Å²) < 4.78 is 0. The molecule has 2 heterocycles. The molecule has 0 radical (unpaired) electrons. The summed E-state index contributed by atoms with van der Waals surface area (Å²) >= 11 is 6.04. The molecule has 3 fully saturated rings. The Balaban J connectivity index is 1.96. The lowest BCUT2D eigenvalue weighted by atomic mass is 9.79. The second-order valence-corrected chi connectivity index (χ2v) is 4.06. The van der Waals surface area contributed by atoms with E-state index in [9.17, 15) is 0 Å². The summed E-state index contributed by atoms with van der Waals surface area (Å²) in [6.07, 6.45) is 3.87. The van der Waals surface area contributed by atoms with Crippen LogP contribution in [-0.2, 0) is 0 Å². The largest absolute Gasteiger partial charge is 0.297 e. The summed E-state index contributed by atoms with van der Waals surface area (Å²) in [5.74, 6) is 0. The van der Waals surface area contributed by atoms with Crippen molar-refractivity contribution >= 4 is 11.6 Å². The first-order valence-electron chi connectivity index (χ1n) is 4.21. The number of halogens is 1. The van der Waals surface area contributed by atoms with E-state index in [-0.39, 0.29) is 0 Å². The average Bonchev–Trinajstić information content (AvgIpc) is 1.87. The molecule has 2 atom stereocenters. The summed E-state index contributed by atoms with van der Waals surface area (Å²) in [5.41, 5.74) is 0. The standard InChI is InChI=1S/C8H14ClN/c1-2-10-7-3-6(9)4-8(10)5-7/h6-8H,2-5H2,1H3. The number of hydrogen-bond acceptors (Lipinski definition) is 1. The second-order valence-electron chi connectivity index (χ2n) is 3.44. The Morgan fingerprint density at radius 3 is 2.40 bits per heavy atom. The molecule has 0 amide bonds. The number of alkyl halides is 1. The third-order valence-corrected chi connectivity index (χ3v) is 3.26. The van der Waals surface area contributed by atoms with Crippen LogP contribution >= 0.6 is 11.6 Å². The van der Waals surface area contributed by atoms with Gasteiger partial charge < -0.3 is 0 Å². The van der Waals surface area contributed by atoms with Gasteiger partial charge in [0.15, 0.2) is 0 Å². The molecule has 0 aromatic heterocycles. The van der Waals surface area contributed by atoms with E-state index in [2.05, 4.69) is 11.8 Å². The molecule has 2 saturated heterocycles. The van der Waals surface area contributed by atoms with Crippen molar-refractivity contribution < 1.29 is 0 Å². The smallest absolute Gasteiger partial charge is 0.0365 e. The van der Waals surface area contributed by atoms with Gasteiger partial charge >= 0.3 is 0 Å². The van der Waals surface area contributed by atoms with Crippen molar-refractivity contribution in [2.24, 2.45) is 0 Å². The summed E-state index contributed by atoms with van der Waals surface area (Å²) in [5, 5.41) is 0.478. The Labute approximate surface area is 67.3 Å². The van der Waals surface area contributed by atoms with Gasteiger partial charge in [-0.1, -0.05) is 6.92 Å². The molecule has 2 aliphatic heterocycles. The van der Waals surface area contributed by atoms with Crippen LogP contribution in [-0.4, -0.2) is 28.9 Å². The SMILES string of the molecule is CCN1C2CC(Cl)CC1C2. The summed E-state index contributed by atoms with van der Waals surface area (Å²) in [7, 11) is 0. The van der Waals surface area contributed by atoms with Crippen LogP contribution in [0.2, 0.25) is 0 Å². The maximum absolute atomic E-state index is 6.04. The Kier molecular flexibility index (Phi) is 1.65. The monoisotopic (exact) mass is 159 g/mol. The Bertz CT molecular complexity index is 125. The van der Waals surface area contributed by atoms with Gasteiger partial charge in [-0.3, -0.25) is 4.90 Å². The zero-order valence-corrected chi connectivity index (χ0v) is 7.14. The third kappa shape index (κ3) is 0.876. The molecule has 0 N–H and O–H groups in total. The van der Waals surface area contributed by atoms with Crippen molar-refractivity contribution in [2.75, 3.05) is 6.54 Å². The van der Waals surface area contributed by atoms with E-state index in [1.807, 2.05) is 0 Å². The topological polar surface area (TPSA) is 3.24 Å². The fraction of sp³-hybridized carbons (Fsp3) is 1.00. The Morgan fingerprint density at radius 1 is 1.30 bits per heavy atom. The molecule has 0 spiro atoms. The molecule has 0 aromatic rings. The average molecular weight is 160 g/mol. The van der Waals surface area contributed by atoms with Crippen molar-refractivity contribution in [3.8, 4) is 0 Å². The minimum Gasteiger partial charge on any atom is -0.297 e. The molecule has 2 unspecified atom stereocenters. The molecule has 10 heavy (non-hydrogen) atoms. The van der Waals surface area contributed by atoms with E-state index < -0.39 is 0 Å². The lowest BCUT2D eigenvalue weighted by Crippen LogP contribution is -2.60. The number of rotatable bonds is 1. The van der Waals surface area contributed by atoms with Gasteiger partial charge in [0, 0.05) is 17.5 Å². The van der Waals surface area contributed by atoms with Crippen LogP contribution < -0.4 is 0 Å². The molecule has 3 rings (SSSR count). The maximum atomic E-state index is 6.04. The van der Waals surface area contributed by atoms with Gasteiger partial charge in [0.05, 0.1) is 0 Å². The lowest BCUT2D eigenvalue weighted by Gasteiger charge is -2.54. The molecule has 1 saturated carbocycles. The number of piperidine rings is 1. The first-order chi connectivity index (χ1) is 4.81. The molecule has 1 aliphatic carbocycles. The first-order valence-corrected chi connectivity index (χ1v) is 4.64. The van der Waals surface area contributed by atoms with E-state index in [1.165, 1.54) is 25.8 Å². The number of fused-ring (bicyclic) bond motifs is 2. The Morgan fingerprint density at radius 2 is 1.90 bits per heavy atom. The van der Waals surface area contributed by atoms with Gasteiger partial charge in [-0.25, -0.2) is 0 Å². The summed E-state index contributed by atoms with van der Waals surface area (Å²) in [6.45, 7) is 3.46. The summed E-state index contributed by atoms with van der Waals surface area (Å²) in [6, 6.07) is 1.68. The molecule has 2 bridgehead atoms. The van der Waals surface area contributed by atoms with Crippen LogP contribution in [0.3, 0.4) is 0 Å². The maximum Gasteiger partial charge on any atom is 0.0365 e. The normalized spacial score (nSPS) is 46.8. The zero-order chi connectivity index (χ0) is 7.14. The molecule has 2 heteroatoms. The third-order valence-electron chi connectivity index (χ3n) is 2.90. The van der Waals surface area contributed by atoms with Gasteiger partial charge in [0.1, 0.15) is 0 Å². The van der Waals surface area contributed by atoms with Crippen LogP contribution in [0.25, 0.3) is 0 Å². The summed E-state index contributed by atoms with van der Waals surface area (Å²) in [4.78, 5) is 2.58. The highest BCUT2D eigenvalue weighted by Crippen LogP contribution is 2.39. The lowest BCUT2D eigenvalue weighted by molar-refractivity contribution is -0.0200. The predicted octanol–water partition coefficient (Wildman–Crippen LogP) is 1.85. The molecular formula is C8H14ClN. The van der Waals surface area contributed by atoms with Gasteiger partial charge in [-0.15, -0.1) is 11.6 Å².